The number of nitrogens with two attached hydrogens (primary N) is 1. The maximum atomic E-state index is 12.2. The Kier molecular flexibility index (Phi) is 3.31. The van der Waals surface area contributed by atoms with Gasteiger partial charge in [0.25, 0.3) is 5.91 Å². The van der Waals surface area contributed by atoms with Crippen molar-refractivity contribution in [1.82, 2.24) is 25.1 Å². The summed E-state index contributed by atoms with van der Waals surface area (Å²) in [5, 5.41) is 7.89. The lowest BCUT2D eigenvalue weighted by atomic mass is 10.1. The van der Waals surface area contributed by atoms with Crippen molar-refractivity contribution in [3.8, 4) is 0 Å². The molecule has 21 heavy (non-hydrogen) atoms. The fourth-order valence-electron chi connectivity index (χ4n) is 2.21. The molecule has 7 nitrogen and oxygen atoms in total. The van der Waals surface area contributed by atoms with Crippen LogP contribution in [0.5, 0.6) is 0 Å². The van der Waals surface area contributed by atoms with Gasteiger partial charge in [0.15, 0.2) is 5.82 Å². The molecule has 0 aliphatic carbocycles. The van der Waals surface area contributed by atoms with Gasteiger partial charge in [0.1, 0.15) is 6.33 Å². The molecule has 0 spiro atoms. The summed E-state index contributed by atoms with van der Waals surface area (Å²) in [7, 11) is 1.81. The smallest absolute Gasteiger partial charge is 0.253 e. The van der Waals surface area contributed by atoms with Crippen LogP contribution in [0, 0.1) is 0 Å². The standard InChI is InChI=1S/C14H16N6O/c1-20-8-18-13(19-20)4-5-16-14(21)11-7-17-12-6-9(15)2-3-10(11)12/h2-3,6-8,17H,4-5,15H2,1H3,(H,16,21). The van der Waals surface area contributed by atoms with Crippen molar-refractivity contribution in [3.05, 3.63) is 42.1 Å². The molecule has 4 N–H and O–H groups in total. The van der Waals surface area contributed by atoms with E-state index in [4.69, 9.17) is 5.73 Å². The number of hydrogen-bond donors (Lipinski definition) is 3. The fraction of sp³-hybridized carbons (Fsp3) is 0.214. The van der Waals surface area contributed by atoms with Gasteiger partial charge in [0, 0.05) is 42.8 Å². The number of aromatic nitrogens is 4. The SMILES string of the molecule is Cn1cnc(CCNC(=O)c2c[nH]c3cc(N)ccc23)n1. The summed E-state index contributed by atoms with van der Waals surface area (Å²) in [6.07, 6.45) is 3.93. The first-order chi connectivity index (χ1) is 10.1. The van der Waals surface area contributed by atoms with Gasteiger partial charge in [0.2, 0.25) is 0 Å². The second kappa shape index (κ2) is 5.28. The molecule has 0 radical (unpaired) electrons. The molecular formula is C14H16N6O. The van der Waals surface area contributed by atoms with E-state index < -0.39 is 0 Å². The van der Waals surface area contributed by atoms with Crippen LogP contribution in [-0.4, -0.2) is 32.2 Å². The van der Waals surface area contributed by atoms with Gasteiger partial charge in [-0.3, -0.25) is 9.48 Å². The number of amides is 1. The number of anilines is 1. The van der Waals surface area contributed by atoms with Crippen molar-refractivity contribution >= 4 is 22.5 Å². The summed E-state index contributed by atoms with van der Waals surface area (Å²) in [5.41, 5.74) is 7.85. The summed E-state index contributed by atoms with van der Waals surface area (Å²) in [4.78, 5) is 19.4. The number of carbonyl (C=O) groups is 1. The van der Waals surface area contributed by atoms with E-state index in [0.717, 1.165) is 10.9 Å². The van der Waals surface area contributed by atoms with Gasteiger partial charge in [-0.25, -0.2) is 4.98 Å². The van der Waals surface area contributed by atoms with Crippen LogP contribution >= 0.6 is 0 Å². The van der Waals surface area contributed by atoms with Crippen LogP contribution in [-0.2, 0) is 13.5 Å². The Morgan fingerprint density at radius 2 is 2.33 bits per heavy atom. The fourth-order valence-corrected chi connectivity index (χ4v) is 2.21. The average molecular weight is 284 g/mol. The second-order valence-electron chi connectivity index (χ2n) is 4.85. The number of benzene rings is 1. The zero-order chi connectivity index (χ0) is 14.8. The van der Waals surface area contributed by atoms with Crippen molar-refractivity contribution in [1.29, 1.82) is 0 Å². The van der Waals surface area contributed by atoms with Crippen molar-refractivity contribution in [2.24, 2.45) is 7.05 Å². The molecule has 2 aromatic heterocycles. The molecule has 2 heterocycles. The molecule has 108 valence electrons. The third-order valence-corrected chi connectivity index (χ3v) is 3.23. The number of nitrogens with one attached hydrogen (secondary N) is 2. The number of hydrogen-bond acceptors (Lipinski definition) is 4. The lowest BCUT2D eigenvalue weighted by Gasteiger charge is -2.02. The molecule has 1 aromatic carbocycles. The maximum Gasteiger partial charge on any atom is 0.253 e. The Labute approximate surface area is 121 Å². The predicted octanol–water partition coefficient (Wildman–Crippen LogP) is 0.851. The highest BCUT2D eigenvalue weighted by molar-refractivity contribution is 6.07. The minimum atomic E-state index is -0.123. The molecule has 0 aliphatic heterocycles. The largest absolute Gasteiger partial charge is 0.399 e. The number of fused-ring (bicyclic) bond motifs is 1. The molecule has 0 bridgehead atoms. The van der Waals surface area contributed by atoms with E-state index in [1.165, 1.54) is 0 Å². The van der Waals surface area contributed by atoms with Crippen molar-refractivity contribution in [2.45, 2.75) is 6.42 Å². The summed E-state index contributed by atoms with van der Waals surface area (Å²) in [5.74, 6) is 0.589. The van der Waals surface area contributed by atoms with Gasteiger partial charge in [-0.2, -0.15) is 5.10 Å². The molecule has 0 unspecified atom stereocenters. The van der Waals surface area contributed by atoms with E-state index >= 15 is 0 Å². The Balaban J connectivity index is 1.66. The average Bonchev–Trinajstić information content (AvgIpc) is 3.04. The van der Waals surface area contributed by atoms with Crippen molar-refractivity contribution in [3.63, 3.8) is 0 Å². The summed E-state index contributed by atoms with van der Waals surface area (Å²) in [6, 6.07) is 5.44. The van der Waals surface area contributed by atoms with E-state index in [0.29, 0.717) is 30.0 Å². The first kappa shape index (κ1) is 13.2. The minimum Gasteiger partial charge on any atom is -0.399 e. The van der Waals surface area contributed by atoms with E-state index in [-0.39, 0.29) is 5.91 Å². The molecule has 7 heteroatoms. The van der Waals surface area contributed by atoms with Gasteiger partial charge in [-0.05, 0) is 18.2 Å². The number of rotatable bonds is 4. The van der Waals surface area contributed by atoms with E-state index in [2.05, 4.69) is 20.4 Å². The summed E-state index contributed by atoms with van der Waals surface area (Å²) >= 11 is 0. The zero-order valence-corrected chi connectivity index (χ0v) is 11.6. The van der Waals surface area contributed by atoms with Crippen LogP contribution in [0.25, 0.3) is 10.9 Å². The number of nitrogens with zero attached hydrogens (tertiary/aromatic N) is 3. The van der Waals surface area contributed by atoms with Crippen molar-refractivity contribution in [2.75, 3.05) is 12.3 Å². The van der Waals surface area contributed by atoms with Crippen LogP contribution in [0.15, 0.2) is 30.7 Å². The lowest BCUT2D eigenvalue weighted by Crippen LogP contribution is -2.25. The normalized spacial score (nSPS) is 10.9. The van der Waals surface area contributed by atoms with Gasteiger partial charge >= 0.3 is 0 Å². The maximum absolute atomic E-state index is 12.2. The molecule has 0 fully saturated rings. The van der Waals surface area contributed by atoms with Gasteiger partial charge in [-0.15, -0.1) is 0 Å². The van der Waals surface area contributed by atoms with E-state index in [1.807, 2.05) is 19.2 Å². The highest BCUT2D eigenvalue weighted by Crippen LogP contribution is 2.20. The van der Waals surface area contributed by atoms with Gasteiger partial charge < -0.3 is 16.0 Å². The Morgan fingerprint density at radius 1 is 1.48 bits per heavy atom. The summed E-state index contributed by atoms with van der Waals surface area (Å²) in [6.45, 7) is 0.491. The first-order valence-electron chi connectivity index (χ1n) is 6.63. The molecule has 0 saturated heterocycles. The van der Waals surface area contributed by atoms with Gasteiger partial charge in [-0.1, -0.05) is 0 Å². The van der Waals surface area contributed by atoms with Crippen molar-refractivity contribution < 1.29 is 4.79 Å². The van der Waals surface area contributed by atoms with Crippen LogP contribution in [0.1, 0.15) is 16.2 Å². The minimum absolute atomic E-state index is 0.123. The quantitative estimate of drug-likeness (QED) is 0.618. The number of carbonyl (C=O) groups excluding carboxylic acids is 1. The molecular weight excluding hydrogens is 268 g/mol. The Hall–Kier alpha value is -2.83. The Morgan fingerprint density at radius 3 is 3.10 bits per heavy atom. The monoisotopic (exact) mass is 284 g/mol. The lowest BCUT2D eigenvalue weighted by molar-refractivity contribution is 0.0955. The third kappa shape index (κ3) is 2.71. The highest BCUT2D eigenvalue weighted by atomic mass is 16.1. The van der Waals surface area contributed by atoms with E-state index in [1.54, 1.807) is 23.3 Å². The Bertz CT molecular complexity index is 788. The molecule has 3 aromatic rings. The van der Waals surface area contributed by atoms with E-state index in [9.17, 15) is 4.79 Å². The summed E-state index contributed by atoms with van der Waals surface area (Å²) < 4.78 is 1.64. The molecule has 0 aliphatic rings. The van der Waals surface area contributed by atoms with Crippen LogP contribution in [0.4, 0.5) is 5.69 Å². The zero-order valence-electron chi connectivity index (χ0n) is 11.6. The topological polar surface area (TPSA) is 102 Å². The van der Waals surface area contributed by atoms with Crippen LogP contribution < -0.4 is 11.1 Å². The van der Waals surface area contributed by atoms with Crippen LogP contribution in [0.2, 0.25) is 0 Å². The molecule has 0 saturated carbocycles. The predicted molar refractivity (Wildman–Crippen MR) is 79.8 cm³/mol. The molecule has 3 rings (SSSR count). The number of nitrogen functional groups attached to an aromatic ring is 1. The second-order valence-corrected chi connectivity index (χ2v) is 4.85. The molecule has 1 amide bonds. The third-order valence-electron chi connectivity index (χ3n) is 3.23. The number of H-pyrrole nitrogens is 1. The number of aromatic amines is 1. The number of aryl methyl sites for hydroxylation is 1. The first-order valence-corrected chi connectivity index (χ1v) is 6.63. The molecule has 0 atom stereocenters. The van der Waals surface area contributed by atoms with Crippen LogP contribution in [0.3, 0.4) is 0 Å². The van der Waals surface area contributed by atoms with Gasteiger partial charge in [0.05, 0.1) is 5.56 Å². The highest BCUT2D eigenvalue weighted by Gasteiger charge is 2.11.